The zero-order valence-corrected chi connectivity index (χ0v) is 13.7. The average molecular weight is 306 g/mol. The second kappa shape index (κ2) is 6.59. The molecule has 1 N–H and O–H groups in total. The summed E-state index contributed by atoms with van der Waals surface area (Å²) in [7, 11) is 0. The molecule has 1 nitrogen and oxygen atoms in total. The van der Waals surface area contributed by atoms with Gasteiger partial charge >= 0.3 is 0 Å². The first kappa shape index (κ1) is 16.0. The van der Waals surface area contributed by atoms with Crippen molar-refractivity contribution in [2.24, 2.45) is 0 Å². The van der Waals surface area contributed by atoms with Crippen LogP contribution in [0.3, 0.4) is 0 Å². The molecule has 2 rings (SSSR count). The molecule has 0 radical (unpaired) electrons. The van der Waals surface area contributed by atoms with Crippen molar-refractivity contribution in [1.29, 1.82) is 0 Å². The van der Waals surface area contributed by atoms with E-state index < -0.39 is 0 Å². The van der Waals surface area contributed by atoms with Crippen LogP contribution in [-0.4, -0.2) is 6.54 Å². The standard InChI is InChI=1S/C18H21ClFN/c1-5-21-18(15-7-6-14(19)10-17(15)20)16-9-12(3)11(2)8-13(16)4/h6-10,18,21H,5H2,1-4H3. The van der Waals surface area contributed by atoms with E-state index in [1.54, 1.807) is 12.1 Å². The van der Waals surface area contributed by atoms with Gasteiger partial charge < -0.3 is 5.32 Å². The van der Waals surface area contributed by atoms with Crippen LogP contribution in [0.4, 0.5) is 4.39 Å². The van der Waals surface area contributed by atoms with E-state index in [4.69, 9.17) is 11.6 Å². The van der Waals surface area contributed by atoms with Crippen molar-refractivity contribution in [1.82, 2.24) is 5.32 Å². The van der Waals surface area contributed by atoms with Crippen LogP contribution in [0.15, 0.2) is 30.3 Å². The molecule has 3 heteroatoms. The van der Waals surface area contributed by atoms with Crippen molar-refractivity contribution in [3.05, 3.63) is 69.0 Å². The van der Waals surface area contributed by atoms with E-state index in [0.29, 0.717) is 10.6 Å². The van der Waals surface area contributed by atoms with Gasteiger partial charge in [0.15, 0.2) is 0 Å². The number of benzene rings is 2. The Kier molecular flexibility index (Phi) is 5.02. The summed E-state index contributed by atoms with van der Waals surface area (Å²) in [4.78, 5) is 0. The first-order chi connectivity index (χ1) is 9.93. The van der Waals surface area contributed by atoms with Crippen molar-refractivity contribution in [2.75, 3.05) is 6.54 Å². The first-order valence-corrected chi connectivity index (χ1v) is 7.58. The highest BCUT2D eigenvalue weighted by molar-refractivity contribution is 6.30. The Morgan fingerprint density at radius 2 is 1.67 bits per heavy atom. The first-order valence-electron chi connectivity index (χ1n) is 7.20. The Balaban J connectivity index is 2.55. The molecular formula is C18H21ClFN. The molecule has 0 spiro atoms. The molecule has 0 aliphatic rings. The molecule has 2 aromatic rings. The molecule has 1 unspecified atom stereocenters. The lowest BCUT2D eigenvalue weighted by Gasteiger charge is -2.23. The zero-order valence-electron chi connectivity index (χ0n) is 12.9. The highest BCUT2D eigenvalue weighted by Crippen LogP contribution is 2.30. The average Bonchev–Trinajstić information content (AvgIpc) is 2.41. The predicted molar refractivity (Wildman–Crippen MR) is 87.6 cm³/mol. The van der Waals surface area contributed by atoms with Crippen LogP contribution in [0, 0.1) is 26.6 Å². The van der Waals surface area contributed by atoms with Crippen molar-refractivity contribution >= 4 is 11.6 Å². The number of rotatable bonds is 4. The van der Waals surface area contributed by atoms with Gasteiger partial charge in [0.1, 0.15) is 5.82 Å². The van der Waals surface area contributed by atoms with Gasteiger partial charge in [-0.3, -0.25) is 0 Å². The topological polar surface area (TPSA) is 12.0 Å². The quantitative estimate of drug-likeness (QED) is 0.828. The van der Waals surface area contributed by atoms with Crippen LogP contribution in [0.5, 0.6) is 0 Å². The fraction of sp³-hybridized carbons (Fsp3) is 0.333. The molecule has 0 aromatic heterocycles. The van der Waals surface area contributed by atoms with Crippen molar-refractivity contribution in [2.45, 2.75) is 33.7 Å². The second-order valence-electron chi connectivity index (χ2n) is 5.45. The summed E-state index contributed by atoms with van der Waals surface area (Å²) >= 11 is 5.86. The largest absolute Gasteiger partial charge is 0.306 e. The predicted octanol–water partition coefficient (Wildman–Crippen LogP) is 5.10. The molecular weight excluding hydrogens is 285 g/mol. The Morgan fingerprint density at radius 3 is 2.29 bits per heavy atom. The maximum Gasteiger partial charge on any atom is 0.129 e. The lowest BCUT2D eigenvalue weighted by molar-refractivity contribution is 0.557. The maximum absolute atomic E-state index is 14.3. The van der Waals surface area contributed by atoms with E-state index >= 15 is 0 Å². The van der Waals surface area contributed by atoms with E-state index in [1.807, 2.05) is 6.92 Å². The summed E-state index contributed by atoms with van der Waals surface area (Å²) in [5.41, 5.74) is 5.38. The van der Waals surface area contributed by atoms with Gasteiger partial charge in [0, 0.05) is 10.6 Å². The molecule has 0 fully saturated rings. The van der Waals surface area contributed by atoms with Crippen LogP contribution >= 0.6 is 11.6 Å². The fourth-order valence-corrected chi connectivity index (χ4v) is 2.78. The Bertz CT molecular complexity index is 652. The van der Waals surface area contributed by atoms with Crippen LogP contribution < -0.4 is 5.32 Å². The summed E-state index contributed by atoms with van der Waals surface area (Å²) < 4.78 is 14.3. The minimum absolute atomic E-state index is 0.161. The zero-order chi connectivity index (χ0) is 15.6. The van der Waals surface area contributed by atoms with Gasteiger partial charge in [-0.05, 0) is 61.7 Å². The number of nitrogens with one attached hydrogen (secondary N) is 1. The molecule has 0 bridgehead atoms. The third kappa shape index (κ3) is 3.45. The minimum Gasteiger partial charge on any atom is -0.306 e. The monoisotopic (exact) mass is 305 g/mol. The maximum atomic E-state index is 14.3. The summed E-state index contributed by atoms with van der Waals surface area (Å²) in [6.07, 6.45) is 0. The molecule has 0 saturated carbocycles. The van der Waals surface area contributed by atoms with E-state index in [-0.39, 0.29) is 11.9 Å². The SMILES string of the molecule is CCNC(c1cc(C)c(C)cc1C)c1ccc(Cl)cc1F. The second-order valence-corrected chi connectivity index (χ2v) is 5.89. The highest BCUT2D eigenvalue weighted by Gasteiger charge is 2.19. The molecule has 1 atom stereocenters. The van der Waals surface area contributed by atoms with Crippen LogP contribution in [0.2, 0.25) is 5.02 Å². The lowest BCUT2D eigenvalue weighted by Crippen LogP contribution is -2.24. The smallest absolute Gasteiger partial charge is 0.129 e. The Hall–Kier alpha value is -1.38. The normalized spacial score (nSPS) is 12.5. The van der Waals surface area contributed by atoms with Gasteiger partial charge in [-0.15, -0.1) is 0 Å². The summed E-state index contributed by atoms with van der Waals surface area (Å²) in [5.74, 6) is -0.272. The van der Waals surface area contributed by atoms with Crippen LogP contribution in [-0.2, 0) is 0 Å². The molecule has 2 aromatic carbocycles. The fourth-order valence-electron chi connectivity index (χ4n) is 2.62. The van der Waals surface area contributed by atoms with E-state index in [1.165, 1.54) is 22.8 Å². The molecule has 112 valence electrons. The number of halogens is 2. The Labute approximate surface area is 131 Å². The van der Waals surface area contributed by atoms with Gasteiger partial charge in [-0.25, -0.2) is 4.39 Å². The van der Waals surface area contributed by atoms with E-state index in [9.17, 15) is 4.39 Å². The van der Waals surface area contributed by atoms with E-state index in [2.05, 4.69) is 38.2 Å². The van der Waals surface area contributed by atoms with Crippen molar-refractivity contribution in [3.63, 3.8) is 0 Å². The van der Waals surface area contributed by atoms with Gasteiger partial charge in [-0.2, -0.15) is 0 Å². The number of hydrogen-bond donors (Lipinski definition) is 1. The highest BCUT2D eigenvalue weighted by atomic mass is 35.5. The molecule has 0 aliphatic carbocycles. The summed E-state index contributed by atoms with van der Waals surface area (Å²) in [6, 6.07) is 9.01. The Morgan fingerprint density at radius 1 is 1.00 bits per heavy atom. The summed E-state index contributed by atoms with van der Waals surface area (Å²) in [6.45, 7) is 9.03. The van der Waals surface area contributed by atoms with Gasteiger partial charge in [-0.1, -0.05) is 36.7 Å². The van der Waals surface area contributed by atoms with E-state index in [0.717, 1.165) is 12.1 Å². The van der Waals surface area contributed by atoms with Crippen LogP contribution in [0.25, 0.3) is 0 Å². The van der Waals surface area contributed by atoms with Gasteiger partial charge in [0.25, 0.3) is 0 Å². The summed E-state index contributed by atoms with van der Waals surface area (Å²) in [5, 5.41) is 3.80. The third-order valence-corrected chi connectivity index (χ3v) is 4.11. The van der Waals surface area contributed by atoms with Gasteiger partial charge in [0.05, 0.1) is 6.04 Å². The van der Waals surface area contributed by atoms with Gasteiger partial charge in [0.2, 0.25) is 0 Å². The minimum atomic E-state index is -0.272. The molecule has 21 heavy (non-hydrogen) atoms. The molecule has 0 amide bonds. The van der Waals surface area contributed by atoms with Crippen LogP contribution in [0.1, 0.15) is 40.8 Å². The lowest BCUT2D eigenvalue weighted by atomic mass is 9.91. The molecule has 0 saturated heterocycles. The number of aryl methyl sites for hydroxylation is 3. The van der Waals surface area contributed by atoms with Crippen molar-refractivity contribution in [3.8, 4) is 0 Å². The molecule has 0 heterocycles. The molecule has 0 aliphatic heterocycles. The third-order valence-electron chi connectivity index (χ3n) is 3.88. The van der Waals surface area contributed by atoms with Crippen molar-refractivity contribution < 1.29 is 4.39 Å². The number of hydrogen-bond acceptors (Lipinski definition) is 1.